The maximum atomic E-state index is 10.9. The first kappa shape index (κ1) is 10.3. The van der Waals surface area contributed by atoms with Crippen LogP contribution in [-0.2, 0) is 11.2 Å². The van der Waals surface area contributed by atoms with Gasteiger partial charge in [-0.2, -0.15) is 0 Å². The van der Waals surface area contributed by atoms with Gasteiger partial charge in [-0.15, -0.1) is 0 Å². The van der Waals surface area contributed by atoms with E-state index < -0.39 is 18.4 Å². The molecule has 0 spiro atoms. The lowest BCUT2D eigenvalue weighted by molar-refractivity contribution is -0.136. The van der Waals surface area contributed by atoms with Gasteiger partial charge >= 0.3 is 11.9 Å². The number of carboxylic acids is 2. The SMILES string of the molecule is O=C(O)Cc1c(C(=O)O)ccc2c1OCO2. The minimum Gasteiger partial charge on any atom is -0.481 e. The number of carbonyl (C=O) groups is 2. The molecule has 1 aliphatic rings. The maximum Gasteiger partial charge on any atom is 0.336 e. The van der Waals surface area contributed by atoms with E-state index >= 15 is 0 Å². The van der Waals surface area contributed by atoms with E-state index in [0.29, 0.717) is 5.75 Å². The average molecular weight is 224 g/mol. The second-order valence-corrected chi connectivity index (χ2v) is 3.20. The molecule has 1 heterocycles. The van der Waals surface area contributed by atoms with Crippen molar-refractivity contribution in [2.75, 3.05) is 6.79 Å². The van der Waals surface area contributed by atoms with Gasteiger partial charge in [-0.25, -0.2) is 4.79 Å². The van der Waals surface area contributed by atoms with Crippen LogP contribution in [0.25, 0.3) is 0 Å². The Bertz CT molecular complexity index is 465. The first-order valence-corrected chi connectivity index (χ1v) is 4.46. The van der Waals surface area contributed by atoms with Gasteiger partial charge in [-0.1, -0.05) is 0 Å². The van der Waals surface area contributed by atoms with Crippen LogP contribution in [0.5, 0.6) is 11.5 Å². The summed E-state index contributed by atoms with van der Waals surface area (Å²) in [5.41, 5.74) is 0.0571. The van der Waals surface area contributed by atoms with Crippen LogP contribution in [0.2, 0.25) is 0 Å². The van der Waals surface area contributed by atoms with Crippen molar-refractivity contribution in [1.82, 2.24) is 0 Å². The van der Waals surface area contributed by atoms with Crippen LogP contribution in [0.4, 0.5) is 0 Å². The van der Waals surface area contributed by atoms with Crippen LogP contribution in [-0.4, -0.2) is 28.9 Å². The van der Waals surface area contributed by atoms with Crippen molar-refractivity contribution in [2.45, 2.75) is 6.42 Å². The molecule has 0 fully saturated rings. The van der Waals surface area contributed by atoms with Crippen molar-refractivity contribution >= 4 is 11.9 Å². The van der Waals surface area contributed by atoms with Crippen LogP contribution in [0, 0.1) is 0 Å². The van der Waals surface area contributed by atoms with E-state index in [1.165, 1.54) is 12.1 Å². The molecule has 2 rings (SSSR count). The van der Waals surface area contributed by atoms with Gasteiger partial charge in [0.25, 0.3) is 0 Å². The first-order valence-electron chi connectivity index (χ1n) is 4.46. The summed E-state index contributed by atoms with van der Waals surface area (Å²) in [4.78, 5) is 21.6. The number of hydrogen-bond donors (Lipinski definition) is 2. The third-order valence-electron chi connectivity index (χ3n) is 2.20. The lowest BCUT2D eigenvalue weighted by Gasteiger charge is -2.07. The maximum absolute atomic E-state index is 10.9. The fraction of sp³-hybridized carbons (Fsp3) is 0.200. The van der Waals surface area contributed by atoms with E-state index in [1.807, 2.05) is 0 Å². The summed E-state index contributed by atoms with van der Waals surface area (Å²) in [6, 6.07) is 2.77. The van der Waals surface area contributed by atoms with Crippen molar-refractivity contribution in [3.8, 4) is 11.5 Å². The molecular formula is C10H8O6. The molecule has 0 saturated carbocycles. The van der Waals surface area contributed by atoms with Crippen molar-refractivity contribution in [3.63, 3.8) is 0 Å². The highest BCUT2D eigenvalue weighted by molar-refractivity contribution is 5.92. The van der Waals surface area contributed by atoms with Crippen molar-refractivity contribution < 1.29 is 29.3 Å². The van der Waals surface area contributed by atoms with Crippen LogP contribution < -0.4 is 9.47 Å². The molecule has 0 aliphatic carbocycles. The van der Waals surface area contributed by atoms with Crippen LogP contribution in [0.3, 0.4) is 0 Å². The highest BCUT2D eigenvalue weighted by Crippen LogP contribution is 2.37. The summed E-state index contributed by atoms with van der Waals surface area (Å²) in [5, 5.41) is 17.6. The molecule has 6 heteroatoms. The normalized spacial score (nSPS) is 12.5. The van der Waals surface area contributed by atoms with Crippen LogP contribution in [0.1, 0.15) is 15.9 Å². The highest BCUT2D eigenvalue weighted by atomic mass is 16.7. The highest BCUT2D eigenvalue weighted by Gasteiger charge is 2.24. The lowest BCUT2D eigenvalue weighted by Crippen LogP contribution is -2.08. The molecule has 2 N–H and O–H groups in total. The second kappa shape index (κ2) is 3.73. The molecule has 1 aromatic rings. The Morgan fingerprint density at radius 2 is 2.00 bits per heavy atom. The third-order valence-corrected chi connectivity index (χ3v) is 2.20. The summed E-state index contributed by atoms with van der Waals surface area (Å²) in [6.45, 7) is -0.0228. The van der Waals surface area contributed by atoms with E-state index in [2.05, 4.69) is 0 Å². The Morgan fingerprint density at radius 3 is 2.62 bits per heavy atom. The Morgan fingerprint density at radius 1 is 1.25 bits per heavy atom. The van der Waals surface area contributed by atoms with Gasteiger partial charge in [0.1, 0.15) is 0 Å². The van der Waals surface area contributed by atoms with Gasteiger partial charge < -0.3 is 19.7 Å². The molecule has 84 valence electrons. The van der Waals surface area contributed by atoms with Crippen molar-refractivity contribution in [1.29, 1.82) is 0 Å². The topological polar surface area (TPSA) is 93.1 Å². The Balaban J connectivity index is 2.55. The number of aromatic carboxylic acids is 1. The van der Waals surface area contributed by atoms with E-state index in [4.69, 9.17) is 19.7 Å². The fourth-order valence-corrected chi connectivity index (χ4v) is 1.56. The lowest BCUT2D eigenvalue weighted by atomic mass is 10.0. The van der Waals surface area contributed by atoms with Gasteiger partial charge in [0.2, 0.25) is 6.79 Å². The minimum atomic E-state index is -1.19. The van der Waals surface area contributed by atoms with Crippen LogP contribution >= 0.6 is 0 Å². The molecule has 0 amide bonds. The van der Waals surface area contributed by atoms with Gasteiger partial charge in [-0.05, 0) is 12.1 Å². The second-order valence-electron chi connectivity index (χ2n) is 3.20. The average Bonchev–Trinajstić information content (AvgIpc) is 2.64. The zero-order valence-electron chi connectivity index (χ0n) is 8.10. The van der Waals surface area contributed by atoms with Gasteiger partial charge in [0.05, 0.1) is 12.0 Å². The van der Waals surface area contributed by atoms with Crippen molar-refractivity contribution in [3.05, 3.63) is 23.3 Å². The number of carboxylic acid groups (broad SMARTS) is 2. The largest absolute Gasteiger partial charge is 0.481 e. The number of fused-ring (bicyclic) bond motifs is 1. The molecule has 0 aromatic heterocycles. The smallest absolute Gasteiger partial charge is 0.336 e. The number of hydrogen-bond acceptors (Lipinski definition) is 4. The first-order chi connectivity index (χ1) is 7.59. The predicted octanol–water partition coefficient (Wildman–Crippen LogP) is 0.741. The monoisotopic (exact) mass is 224 g/mol. The summed E-state index contributed by atoms with van der Waals surface area (Å²) < 4.78 is 10.1. The van der Waals surface area contributed by atoms with E-state index in [0.717, 1.165) is 0 Å². The molecule has 6 nitrogen and oxygen atoms in total. The van der Waals surface area contributed by atoms with Crippen molar-refractivity contribution in [2.24, 2.45) is 0 Å². The fourth-order valence-electron chi connectivity index (χ4n) is 1.56. The summed E-state index contributed by atoms with van der Waals surface area (Å²) in [7, 11) is 0. The molecular weight excluding hydrogens is 216 g/mol. The van der Waals surface area contributed by atoms with E-state index in [1.54, 1.807) is 0 Å². The molecule has 1 aromatic carbocycles. The quantitative estimate of drug-likeness (QED) is 0.786. The van der Waals surface area contributed by atoms with E-state index in [-0.39, 0.29) is 23.7 Å². The Hall–Kier alpha value is -2.24. The standard InChI is InChI=1S/C10H8O6/c11-8(12)3-6-5(10(13)14)1-2-7-9(6)16-4-15-7/h1-2H,3-4H2,(H,11,12)(H,13,14). The predicted molar refractivity (Wildman–Crippen MR) is 50.9 cm³/mol. The van der Waals surface area contributed by atoms with Gasteiger partial charge in [-0.3, -0.25) is 4.79 Å². The summed E-state index contributed by atoms with van der Waals surface area (Å²) >= 11 is 0. The molecule has 0 atom stereocenters. The zero-order chi connectivity index (χ0) is 11.7. The summed E-state index contributed by atoms with van der Waals surface area (Å²) in [6.07, 6.45) is -0.409. The molecule has 0 radical (unpaired) electrons. The number of benzene rings is 1. The van der Waals surface area contributed by atoms with Gasteiger partial charge in [0, 0.05) is 5.56 Å². The number of aliphatic carboxylic acids is 1. The zero-order valence-corrected chi connectivity index (χ0v) is 8.10. The molecule has 0 saturated heterocycles. The Labute approximate surface area is 90.0 Å². The van der Waals surface area contributed by atoms with Gasteiger partial charge in [0.15, 0.2) is 11.5 Å². The summed E-state index contributed by atoms with van der Waals surface area (Å²) in [5.74, 6) is -1.72. The number of rotatable bonds is 3. The van der Waals surface area contributed by atoms with Crippen LogP contribution in [0.15, 0.2) is 12.1 Å². The third kappa shape index (κ3) is 1.65. The molecule has 1 aliphatic heterocycles. The minimum absolute atomic E-state index is 0.0228. The molecule has 0 bridgehead atoms. The number of ether oxygens (including phenoxy) is 2. The Kier molecular flexibility index (Phi) is 2.40. The van der Waals surface area contributed by atoms with E-state index in [9.17, 15) is 9.59 Å². The molecule has 16 heavy (non-hydrogen) atoms. The molecule has 0 unspecified atom stereocenters.